The van der Waals surface area contributed by atoms with Gasteiger partial charge < -0.3 is 2.85 Å². The van der Waals surface area contributed by atoms with Crippen molar-refractivity contribution in [2.24, 2.45) is 0 Å². The minimum atomic E-state index is 0. The Kier molecular flexibility index (Phi) is 9.28. The summed E-state index contributed by atoms with van der Waals surface area (Å²) in [6.07, 6.45) is 0. The van der Waals surface area contributed by atoms with E-state index in [0.717, 1.165) is 9.56 Å². The standard InChI is InChI=1S/2C3H7.Al.Li.2H/c2*1-3-2;;;;/h2*3H,1-2H3;;;;/q;;2*+1;2*-1. The van der Waals surface area contributed by atoms with Crippen molar-refractivity contribution in [1.29, 1.82) is 0 Å². The van der Waals surface area contributed by atoms with Gasteiger partial charge in [-0.15, -0.1) is 0 Å². The van der Waals surface area contributed by atoms with Gasteiger partial charge in [0.25, 0.3) is 0 Å². The van der Waals surface area contributed by atoms with E-state index in [2.05, 4.69) is 27.7 Å². The van der Waals surface area contributed by atoms with Crippen molar-refractivity contribution in [2.75, 3.05) is 0 Å². The molecule has 0 aromatic rings. The summed E-state index contributed by atoms with van der Waals surface area (Å²) < 4.78 is 1.92. The molecular weight excluding hydrogens is 106 g/mol. The summed E-state index contributed by atoms with van der Waals surface area (Å²) in [5, 5.41) is 0. The maximum absolute atomic E-state index is 2.30. The average Bonchev–Trinajstić information content (AvgIpc) is 1.27. The molecule has 0 aliphatic rings. The first-order chi connectivity index (χ1) is 3.13. The molecule has 0 radical (unpaired) electrons. The maximum atomic E-state index is 2.30. The Balaban J connectivity index is -0.0000000600. The Morgan fingerprint density at radius 2 is 1.25 bits per heavy atom. The molecule has 44 valence electrons. The molecule has 0 saturated carbocycles. The van der Waals surface area contributed by atoms with Crippen molar-refractivity contribution in [3.05, 3.63) is 0 Å². The van der Waals surface area contributed by atoms with Gasteiger partial charge in [0.05, 0.1) is 0 Å². The van der Waals surface area contributed by atoms with Crippen molar-refractivity contribution in [3.63, 3.8) is 0 Å². The van der Waals surface area contributed by atoms with Gasteiger partial charge in [0, 0.05) is 0 Å². The summed E-state index contributed by atoms with van der Waals surface area (Å²) >= 11 is 0.713. The quantitative estimate of drug-likeness (QED) is 0.436. The molecule has 2 heteroatoms. The van der Waals surface area contributed by atoms with Crippen LogP contribution < -0.4 is 18.9 Å². The Morgan fingerprint density at radius 1 is 1.00 bits per heavy atom. The van der Waals surface area contributed by atoms with E-state index in [4.69, 9.17) is 0 Å². The second-order valence-electron chi connectivity index (χ2n) is 2.68. The van der Waals surface area contributed by atoms with Crippen molar-refractivity contribution in [1.82, 2.24) is 0 Å². The van der Waals surface area contributed by atoms with Crippen LogP contribution in [0.3, 0.4) is 0 Å². The smallest absolute Gasteiger partial charge is 1.00 e. The molecule has 8 heavy (non-hydrogen) atoms. The van der Waals surface area contributed by atoms with Crippen LogP contribution in [0, 0.1) is 0 Å². The van der Waals surface area contributed by atoms with E-state index in [9.17, 15) is 0 Å². The zero-order valence-electron chi connectivity index (χ0n) is 8.73. The Labute approximate surface area is 74.3 Å². The van der Waals surface area contributed by atoms with Gasteiger partial charge in [0.2, 0.25) is 0 Å². The van der Waals surface area contributed by atoms with E-state index in [-0.39, 0.29) is 21.7 Å². The first-order valence-electron chi connectivity index (χ1n) is 2.98. The third-order valence-electron chi connectivity index (χ3n) is 0.770. The van der Waals surface area contributed by atoms with Gasteiger partial charge in [0.1, 0.15) is 0 Å². The third kappa shape index (κ3) is 10.2. The van der Waals surface area contributed by atoms with Gasteiger partial charge in [0.15, 0.2) is 0 Å². The number of hydrogen-bond acceptors (Lipinski definition) is 0. The van der Waals surface area contributed by atoms with Gasteiger partial charge in [-0.2, -0.15) is 0 Å². The number of rotatable bonds is 2. The molecule has 0 heterocycles. The second kappa shape index (κ2) is 6.25. The van der Waals surface area contributed by atoms with E-state index < -0.39 is 0 Å². The van der Waals surface area contributed by atoms with E-state index in [1.807, 2.05) is 0 Å². The summed E-state index contributed by atoms with van der Waals surface area (Å²) in [4.78, 5) is 0. The number of hydrogen-bond donors (Lipinski definition) is 0. The van der Waals surface area contributed by atoms with Crippen molar-refractivity contribution in [2.45, 2.75) is 37.3 Å². The summed E-state index contributed by atoms with van der Waals surface area (Å²) in [5.41, 5.74) is 0. The van der Waals surface area contributed by atoms with Gasteiger partial charge in [-0.1, -0.05) is 0 Å². The summed E-state index contributed by atoms with van der Waals surface area (Å²) in [7, 11) is 0. The monoisotopic (exact) mass is 122 g/mol. The Hall–Kier alpha value is 1.13. The molecule has 0 unspecified atom stereocenters. The molecule has 0 spiro atoms. The SMILES string of the molecule is C[CH](C)[Al+][CH](C)C.[H-].[H-].[Li+]. The Morgan fingerprint density at radius 3 is 1.25 bits per heavy atom. The van der Waals surface area contributed by atoms with E-state index in [1.54, 1.807) is 0 Å². The molecule has 0 aliphatic carbocycles. The van der Waals surface area contributed by atoms with Gasteiger partial charge in [-0.25, -0.2) is 0 Å². The summed E-state index contributed by atoms with van der Waals surface area (Å²) in [5.74, 6) is 0. The zero-order valence-corrected chi connectivity index (χ0v) is 7.89. The van der Waals surface area contributed by atoms with Crippen LogP contribution in [0.2, 0.25) is 9.56 Å². The van der Waals surface area contributed by atoms with Crippen LogP contribution in [-0.4, -0.2) is 15.2 Å². The Bertz CT molecular complexity index is 45.0. The normalized spacial score (nSPS) is 8.75. The van der Waals surface area contributed by atoms with Gasteiger partial charge in [-0.05, 0) is 0 Å². The van der Waals surface area contributed by atoms with Crippen molar-refractivity contribution >= 4 is 15.2 Å². The van der Waals surface area contributed by atoms with Crippen molar-refractivity contribution in [3.8, 4) is 0 Å². The van der Waals surface area contributed by atoms with Gasteiger partial charge in [-0.3, -0.25) is 0 Å². The fraction of sp³-hybridized carbons (Fsp3) is 1.00. The first kappa shape index (κ1) is 11.9. The molecule has 0 rings (SSSR count). The summed E-state index contributed by atoms with van der Waals surface area (Å²) in [6, 6.07) is 0. The average molecular weight is 122 g/mol. The van der Waals surface area contributed by atoms with Crippen molar-refractivity contribution < 1.29 is 21.7 Å². The molecule has 0 atom stereocenters. The van der Waals surface area contributed by atoms with Crippen LogP contribution in [0.15, 0.2) is 0 Å². The molecule has 0 saturated heterocycles. The maximum Gasteiger partial charge on any atom is 1.00 e. The molecule has 0 nitrogen and oxygen atoms in total. The fourth-order valence-electron chi connectivity index (χ4n) is 0.770. The minimum Gasteiger partial charge on any atom is -1.00 e. The fourth-order valence-corrected chi connectivity index (χ4v) is 2.31. The molecule has 0 aromatic carbocycles. The predicted octanol–water partition coefficient (Wildman–Crippen LogP) is -0.424. The largest absolute Gasteiger partial charge is 1.00 e. The molecule has 0 bridgehead atoms. The van der Waals surface area contributed by atoms with E-state index >= 15 is 0 Å². The van der Waals surface area contributed by atoms with Crippen LogP contribution in [0.1, 0.15) is 30.5 Å². The van der Waals surface area contributed by atoms with Gasteiger partial charge >= 0.3 is 71.3 Å². The summed E-state index contributed by atoms with van der Waals surface area (Å²) in [6.45, 7) is 9.20. The molecule has 0 N–H and O–H groups in total. The molecule has 0 aromatic heterocycles. The van der Waals surface area contributed by atoms with Crippen LogP contribution in [0.4, 0.5) is 0 Å². The van der Waals surface area contributed by atoms with E-state index in [0.29, 0.717) is 15.2 Å². The van der Waals surface area contributed by atoms with E-state index in [1.165, 1.54) is 0 Å². The van der Waals surface area contributed by atoms with Crippen LogP contribution in [0.25, 0.3) is 0 Å². The minimum absolute atomic E-state index is 0. The third-order valence-corrected chi connectivity index (χ3v) is 2.31. The van der Waals surface area contributed by atoms with Crippen LogP contribution in [-0.2, 0) is 0 Å². The predicted molar refractivity (Wildman–Crippen MR) is 38.2 cm³/mol. The molecular formula is C6H16AlLi. The zero-order chi connectivity index (χ0) is 5.86. The second-order valence-corrected chi connectivity index (χ2v) is 5.73. The van der Waals surface area contributed by atoms with Crippen LogP contribution in [0.5, 0.6) is 0 Å². The van der Waals surface area contributed by atoms with Crippen LogP contribution >= 0.6 is 0 Å². The molecule has 0 amide bonds. The topological polar surface area (TPSA) is 0 Å². The first-order valence-corrected chi connectivity index (χ1v) is 4.31. The molecule has 0 aliphatic heterocycles. The molecule has 0 fully saturated rings.